The van der Waals surface area contributed by atoms with Gasteiger partial charge in [-0.3, -0.25) is 4.79 Å². The fourth-order valence-electron chi connectivity index (χ4n) is 3.63. The first kappa shape index (κ1) is 22.7. The van der Waals surface area contributed by atoms with E-state index >= 15 is 0 Å². The minimum atomic E-state index is -1.52. The van der Waals surface area contributed by atoms with Crippen LogP contribution in [0.1, 0.15) is 20.8 Å². The van der Waals surface area contributed by atoms with E-state index < -0.39 is 13.0 Å². The van der Waals surface area contributed by atoms with Gasteiger partial charge in [-0.1, -0.05) is 36.4 Å². The molecule has 0 bridgehead atoms. The molecule has 0 saturated heterocycles. The van der Waals surface area contributed by atoms with Gasteiger partial charge in [-0.2, -0.15) is 0 Å². The molecule has 0 unspecified atom stereocenters. The second-order valence-corrected chi connectivity index (χ2v) is 9.11. The van der Waals surface area contributed by atoms with Gasteiger partial charge in [0.25, 0.3) is 0 Å². The van der Waals surface area contributed by atoms with Crippen LogP contribution >= 0.6 is 11.3 Å². The van der Waals surface area contributed by atoms with Crippen molar-refractivity contribution in [1.29, 1.82) is 0 Å². The first-order chi connectivity index (χ1) is 15.7. The zero-order valence-corrected chi connectivity index (χ0v) is 19.3. The number of carbonyl (C=O) groups is 1. The van der Waals surface area contributed by atoms with E-state index in [9.17, 15) is 14.8 Å². The summed E-state index contributed by atoms with van der Waals surface area (Å²) in [5.41, 5.74) is 8.25. The molecule has 0 saturated carbocycles. The standard InChI is InChI=1S/C23H24BN5O3S/c1-13-20(16-8-5-9-17(22(25)30)21(16)33-13)23-27-18(11-19(28-23)29(2)3)26-12-14-6-4-7-15(10-14)24(31)32/h4-11,31-32H,12H2,1-3H3,(H2,25,30)(H,26,27,28). The smallest absolute Gasteiger partial charge is 0.423 e. The van der Waals surface area contributed by atoms with Crippen molar-refractivity contribution >= 4 is 51.5 Å². The summed E-state index contributed by atoms with van der Waals surface area (Å²) in [7, 11) is 2.30. The number of anilines is 2. The molecular weight excluding hydrogens is 437 g/mol. The molecule has 4 rings (SSSR count). The highest BCUT2D eigenvalue weighted by molar-refractivity contribution is 7.20. The third-order valence-corrected chi connectivity index (χ3v) is 6.43. The Hall–Kier alpha value is -3.47. The normalized spacial score (nSPS) is 10.9. The van der Waals surface area contributed by atoms with Crippen LogP contribution in [0.5, 0.6) is 0 Å². The molecule has 8 nitrogen and oxygen atoms in total. The Labute approximate surface area is 195 Å². The van der Waals surface area contributed by atoms with Crippen molar-refractivity contribution in [3.05, 3.63) is 64.5 Å². The SMILES string of the molecule is Cc1sc2c(C(N)=O)cccc2c1-c1nc(NCc2cccc(B(O)O)c2)cc(N(C)C)n1. The number of amides is 1. The molecule has 0 aliphatic carbocycles. The Morgan fingerprint density at radius 2 is 1.91 bits per heavy atom. The third-order valence-electron chi connectivity index (χ3n) is 5.27. The molecule has 0 radical (unpaired) electrons. The number of fused-ring (bicyclic) bond motifs is 1. The van der Waals surface area contributed by atoms with Crippen molar-refractivity contribution in [2.45, 2.75) is 13.5 Å². The monoisotopic (exact) mass is 461 g/mol. The molecule has 168 valence electrons. The molecule has 10 heteroatoms. The number of rotatable bonds is 7. The molecule has 4 aromatic rings. The quantitative estimate of drug-likeness (QED) is 0.311. The van der Waals surface area contributed by atoms with Gasteiger partial charge in [-0.05, 0) is 24.0 Å². The molecule has 2 aromatic heterocycles. The first-order valence-corrected chi connectivity index (χ1v) is 11.1. The molecule has 2 heterocycles. The molecule has 2 aromatic carbocycles. The maximum absolute atomic E-state index is 11.9. The molecule has 0 atom stereocenters. The van der Waals surface area contributed by atoms with Gasteiger partial charge in [-0.15, -0.1) is 11.3 Å². The summed E-state index contributed by atoms with van der Waals surface area (Å²) in [5, 5.41) is 23.0. The molecule has 5 N–H and O–H groups in total. The van der Waals surface area contributed by atoms with E-state index in [4.69, 9.17) is 15.7 Å². The molecule has 0 aliphatic heterocycles. The predicted molar refractivity (Wildman–Crippen MR) is 134 cm³/mol. The number of hydrogen-bond acceptors (Lipinski definition) is 8. The van der Waals surface area contributed by atoms with Gasteiger partial charge >= 0.3 is 7.12 Å². The lowest BCUT2D eigenvalue weighted by molar-refractivity contribution is 0.100. The van der Waals surface area contributed by atoms with Crippen LogP contribution in [-0.4, -0.2) is 47.1 Å². The molecule has 33 heavy (non-hydrogen) atoms. The number of thiophene rings is 1. The van der Waals surface area contributed by atoms with Crippen molar-refractivity contribution in [2.75, 3.05) is 24.3 Å². The van der Waals surface area contributed by atoms with Gasteiger partial charge < -0.3 is 26.0 Å². The first-order valence-electron chi connectivity index (χ1n) is 10.3. The second-order valence-electron chi connectivity index (χ2n) is 7.88. The molecule has 0 spiro atoms. The van der Waals surface area contributed by atoms with Gasteiger partial charge in [0.2, 0.25) is 5.91 Å². The van der Waals surface area contributed by atoms with Gasteiger partial charge in [-0.25, -0.2) is 9.97 Å². The van der Waals surface area contributed by atoms with Crippen molar-refractivity contribution in [3.63, 3.8) is 0 Å². The number of aromatic nitrogens is 2. The summed E-state index contributed by atoms with van der Waals surface area (Å²) in [6.07, 6.45) is 0. The summed E-state index contributed by atoms with van der Waals surface area (Å²) in [6.45, 7) is 2.42. The lowest BCUT2D eigenvalue weighted by atomic mass is 9.80. The Morgan fingerprint density at radius 1 is 1.15 bits per heavy atom. The van der Waals surface area contributed by atoms with Crippen molar-refractivity contribution in [2.24, 2.45) is 5.73 Å². The van der Waals surface area contributed by atoms with Crippen LogP contribution in [0.25, 0.3) is 21.5 Å². The second kappa shape index (κ2) is 9.18. The number of primary amides is 1. The average Bonchev–Trinajstić information content (AvgIpc) is 3.13. The van der Waals surface area contributed by atoms with E-state index in [0.717, 1.165) is 31.9 Å². The van der Waals surface area contributed by atoms with Gasteiger partial charge in [0.15, 0.2) is 5.82 Å². The Bertz CT molecular complexity index is 1340. The summed E-state index contributed by atoms with van der Waals surface area (Å²) >= 11 is 1.50. The predicted octanol–water partition coefficient (Wildman–Crippen LogP) is 2.12. The lowest BCUT2D eigenvalue weighted by Gasteiger charge is -2.15. The largest absolute Gasteiger partial charge is 0.488 e. The highest BCUT2D eigenvalue weighted by Crippen LogP contribution is 2.39. The van der Waals surface area contributed by atoms with E-state index in [2.05, 4.69) is 5.32 Å². The zero-order chi connectivity index (χ0) is 23.7. The van der Waals surface area contributed by atoms with Crippen LogP contribution in [0.4, 0.5) is 11.6 Å². The fraction of sp³-hybridized carbons (Fsp3) is 0.174. The Balaban J connectivity index is 1.75. The summed E-state index contributed by atoms with van der Waals surface area (Å²) in [5.74, 6) is 1.44. The Morgan fingerprint density at radius 3 is 2.61 bits per heavy atom. The highest BCUT2D eigenvalue weighted by Gasteiger charge is 2.19. The zero-order valence-electron chi connectivity index (χ0n) is 18.5. The van der Waals surface area contributed by atoms with E-state index in [-0.39, 0.29) is 0 Å². The van der Waals surface area contributed by atoms with Crippen molar-refractivity contribution < 1.29 is 14.8 Å². The number of nitrogens with two attached hydrogens (primary N) is 1. The van der Waals surface area contributed by atoms with Crippen LogP contribution in [0.3, 0.4) is 0 Å². The van der Waals surface area contributed by atoms with Crippen LogP contribution in [0.15, 0.2) is 48.5 Å². The number of hydrogen-bond donors (Lipinski definition) is 4. The van der Waals surface area contributed by atoms with E-state index in [1.54, 1.807) is 24.3 Å². The number of nitrogens with zero attached hydrogens (tertiary/aromatic N) is 3. The number of nitrogens with one attached hydrogen (secondary N) is 1. The Kier molecular flexibility index (Phi) is 6.32. The minimum absolute atomic E-state index is 0.428. The van der Waals surface area contributed by atoms with Crippen LogP contribution in [0.2, 0.25) is 0 Å². The van der Waals surface area contributed by atoms with Crippen LogP contribution in [-0.2, 0) is 6.54 Å². The van der Waals surface area contributed by atoms with Gasteiger partial charge in [0, 0.05) is 47.2 Å². The highest BCUT2D eigenvalue weighted by atomic mass is 32.1. The van der Waals surface area contributed by atoms with Crippen molar-refractivity contribution in [1.82, 2.24) is 9.97 Å². The summed E-state index contributed by atoms with van der Waals surface area (Å²) in [6, 6.07) is 14.4. The topological polar surface area (TPSA) is 125 Å². The third kappa shape index (κ3) is 4.68. The van der Waals surface area contributed by atoms with Crippen molar-refractivity contribution in [3.8, 4) is 11.4 Å². The van der Waals surface area contributed by atoms with Gasteiger partial charge in [0.1, 0.15) is 11.6 Å². The maximum atomic E-state index is 11.9. The summed E-state index contributed by atoms with van der Waals surface area (Å²) in [4.78, 5) is 24.3. The van der Waals surface area contributed by atoms with E-state index in [1.807, 2.05) is 50.2 Å². The molecule has 0 aliphatic rings. The maximum Gasteiger partial charge on any atom is 0.488 e. The van der Waals surface area contributed by atoms with Gasteiger partial charge in [0.05, 0.1) is 5.56 Å². The molecule has 1 amide bonds. The molecule has 0 fully saturated rings. The van der Waals surface area contributed by atoms with E-state index in [1.165, 1.54) is 11.3 Å². The number of aryl methyl sites for hydroxylation is 1. The van der Waals surface area contributed by atoms with Crippen LogP contribution < -0.4 is 21.4 Å². The van der Waals surface area contributed by atoms with Crippen LogP contribution in [0, 0.1) is 6.92 Å². The summed E-state index contributed by atoms with van der Waals surface area (Å²) < 4.78 is 0.824. The number of benzene rings is 2. The minimum Gasteiger partial charge on any atom is -0.423 e. The fourth-order valence-corrected chi connectivity index (χ4v) is 4.80. The van der Waals surface area contributed by atoms with E-state index in [0.29, 0.717) is 29.2 Å². The number of carbonyl (C=O) groups excluding carboxylic acids is 1. The molecular formula is C23H24BN5O3S. The average molecular weight is 461 g/mol. The lowest BCUT2D eigenvalue weighted by Crippen LogP contribution is -2.30.